The number of urea groups is 1. The lowest BCUT2D eigenvalue weighted by Gasteiger charge is -2.19. The fraction of sp³-hybridized carbons (Fsp3) is 0.371. The van der Waals surface area contributed by atoms with E-state index < -0.39 is 22.1 Å². The number of fused-ring (bicyclic) bond motifs is 3. The maximum absolute atomic E-state index is 13.8. The predicted molar refractivity (Wildman–Crippen MR) is 175 cm³/mol. The number of sulfonamides is 1. The van der Waals surface area contributed by atoms with Gasteiger partial charge in [-0.2, -0.15) is 0 Å². The molecule has 3 aliphatic rings. The number of benzene rings is 2. The lowest BCUT2D eigenvalue weighted by molar-refractivity contribution is 0.0935. The van der Waals surface area contributed by atoms with Gasteiger partial charge in [0.1, 0.15) is 0 Å². The van der Waals surface area contributed by atoms with E-state index >= 15 is 0 Å². The topological polar surface area (TPSA) is 142 Å². The highest BCUT2D eigenvalue weighted by molar-refractivity contribution is 7.89. The number of amides is 3. The molecule has 3 aliphatic carbocycles. The highest BCUT2D eigenvalue weighted by Gasteiger charge is 2.41. The summed E-state index contributed by atoms with van der Waals surface area (Å²) >= 11 is 0. The van der Waals surface area contributed by atoms with E-state index in [1.165, 1.54) is 11.8 Å². The zero-order valence-electron chi connectivity index (χ0n) is 25.9. The number of pyridine rings is 2. The number of hydrogen-bond donors (Lipinski definition) is 4. The highest BCUT2D eigenvalue weighted by Crippen LogP contribution is 2.47. The summed E-state index contributed by atoms with van der Waals surface area (Å²) in [6.07, 6.45) is 8.09. The second kappa shape index (κ2) is 12.1. The van der Waals surface area contributed by atoms with Crippen LogP contribution in [0.2, 0.25) is 0 Å². The number of nitrogens with zero attached hydrogens (tertiary/aromatic N) is 2. The molecular weight excluding hydrogens is 600 g/mol. The molecule has 46 heavy (non-hydrogen) atoms. The van der Waals surface area contributed by atoms with E-state index in [1.807, 2.05) is 38.1 Å². The van der Waals surface area contributed by atoms with Gasteiger partial charge in [0.2, 0.25) is 10.0 Å². The molecule has 2 saturated carbocycles. The second-order valence-corrected chi connectivity index (χ2v) is 14.8. The number of hydrogen-bond acceptors (Lipinski definition) is 6. The van der Waals surface area contributed by atoms with E-state index in [9.17, 15) is 18.0 Å². The zero-order valence-corrected chi connectivity index (χ0v) is 26.7. The van der Waals surface area contributed by atoms with Crippen LogP contribution >= 0.6 is 0 Å². The van der Waals surface area contributed by atoms with Crippen LogP contribution in [0.15, 0.2) is 78.1 Å². The molecule has 0 aliphatic heterocycles. The van der Waals surface area contributed by atoms with E-state index in [-0.39, 0.29) is 41.3 Å². The number of aromatic nitrogens is 2. The molecule has 4 atom stereocenters. The van der Waals surface area contributed by atoms with Crippen LogP contribution in [0.1, 0.15) is 96.2 Å². The molecule has 238 valence electrons. The Bertz CT molecular complexity index is 1900. The third-order valence-electron chi connectivity index (χ3n) is 9.11. The van der Waals surface area contributed by atoms with Crippen LogP contribution < -0.4 is 20.7 Å². The fourth-order valence-electron chi connectivity index (χ4n) is 6.48. The molecule has 2 unspecified atom stereocenters. The molecule has 2 fully saturated rings. The Hall–Kier alpha value is -4.35. The van der Waals surface area contributed by atoms with Crippen LogP contribution in [0.5, 0.6) is 0 Å². The molecular formula is C35H38N6O4S. The lowest BCUT2D eigenvalue weighted by atomic mass is 9.98. The Morgan fingerprint density at radius 3 is 2.43 bits per heavy atom. The number of rotatable bonds is 10. The molecule has 2 aromatic carbocycles. The Kier molecular flexibility index (Phi) is 7.98. The van der Waals surface area contributed by atoms with Gasteiger partial charge in [-0.05, 0) is 72.6 Å². The summed E-state index contributed by atoms with van der Waals surface area (Å²) in [5.74, 6) is 0.374. The fourth-order valence-corrected chi connectivity index (χ4v) is 7.93. The van der Waals surface area contributed by atoms with Crippen LogP contribution in [-0.4, -0.2) is 42.9 Å². The van der Waals surface area contributed by atoms with Gasteiger partial charge in [-0.1, -0.05) is 44.2 Å². The van der Waals surface area contributed by atoms with Crippen molar-refractivity contribution in [1.82, 2.24) is 30.6 Å². The minimum Gasteiger partial charge on any atom is -0.345 e. The molecule has 4 N–H and O–H groups in total. The van der Waals surface area contributed by atoms with Crippen molar-refractivity contribution < 1.29 is 18.0 Å². The summed E-state index contributed by atoms with van der Waals surface area (Å²) in [7, 11) is -3.91. The van der Waals surface area contributed by atoms with Gasteiger partial charge in [-0.15, -0.1) is 0 Å². The summed E-state index contributed by atoms with van der Waals surface area (Å²) in [4.78, 5) is 35.7. The lowest BCUT2D eigenvalue weighted by Crippen LogP contribution is -2.39. The quantitative estimate of drug-likeness (QED) is 0.188. The van der Waals surface area contributed by atoms with Gasteiger partial charge < -0.3 is 16.0 Å². The van der Waals surface area contributed by atoms with Crippen LogP contribution in [0, 0.1) is 5.92 Å². The molecule has 2 heterocycles. The number of carbonyl (C=O) groups excluding carboxylic acids is 2. The van der Waals surface area contributed by atoms with Crippen LogP contribution in [0.3, 0.4) is 0 Å². The minimum absolute atomic E-state index is 0.0309. The first kappa shape index (κ1) is 30.3. The molecule has 0 radical (unpaired) electrons. The standard InChI is InChI=1S/C35H38N6O4S/c1-20(2)17-38-46(44,45)32-15-26-30(39-34(42)23-9-6-12-36-18-23)16-31(33(26)27-19-37-28(14-25(27)32)22-10-11-22)41-35(43)40-29-13-24(29)21-7-4-3-5-8-21/h3-9,12,14-15,18-20,22,24,29-31,38H,10-11,13,16-17H2,1-2H3,(H,39,42)(H2,40,41,43)/t24?,29?,30-,31-/m0/s1. The first-order valence-electron chi connectivity index (χ1n) is 16.0. The van der Waals surface area contributed by atoms with E-state index in [2.05, 4.69) is 37.8 Å². The molecule has 11 heteroatoms. The summed E-state index contributed by atoms with van der Waals surface area (Å²) in [5.41, 5.74) is 3.88. The molecule has 4 aromatic rings. The minimum atomic E-state index is -3.91. The SMILES string of the molecule is CC(C)CNS(=O)(=O)c1cc2c(c3cnc(C4CC4)cc13)[C@@H](NC(=O)NC1CC1c1ccccc1)C[C@@H]2NC(=O)c1cccnc1. The Morgan fingerprint density at radius 1 is 0.913 bits per heavy atom. The van der Waals surface area contributed by atoms with Crippen molar-refractivity contribution in [2.75, 3.05) is 6.54 Å². The number of nitrogens with one attached hydrogen (secondary N) is 4. The van der Waals surface area contributed by atoms with E-state index in [0.29, 0.717) is 34.2 Å². The summed E-state index contributed by atoms with van der Waals surface area (Å²) in [6.45, 7) is 4.19. The molecule has 0 bridgehead atoms. The van der Waals surface area contributed by atoms with Gasteiger partial charge >= 0.3 is 6.03 Å². The average Bonchev–Trinajstić information content (AvgIpc) is 3.99. The van der Waals surface area contributed by atoms with E-state index in [0.717, 1.165) is 30.5 Å². The third-order valence-corrected chi connectivity index (χ3v) is 10.6. The molecule has 0 saturated heterocycles. The van der Waals surface area contributed by atoms with E-state index in [1.54, 1.807) is 30.6 Å². The molecule has 0 spiro atoms. The smallest absolute Gasteiger partial charge is 0.315 e. The molecule has 7 rings (SSSR count). The van der Waals surface area contributed by atoms with Crippen LogP contribution in [-0.2, 0) is 10.0 Å². The molecule has 3 amide bonds. The van der Waals surface area contributed by atoms with E-state index in [4.69, 9.17) is 4.98 Å². The summed E-state index contributed by atoms with van der Waals surface area (Å²) < 4.78 is 30.4. The van der Waals surface area contributed by atoms with Crippen LogP contribution in [0.4, 0.5) is 4.79 Å². The Morgan fingerprint density at radius 2 is 1.72 bits per heavy atom. The van der Waals surface area contributed by atoms with Gasteiger partial charge in [0, 0.05) is 59.5 Å². The largest absolute Gasteiger partial charge is 0.345 e. The van der Waals surface area contributed by atoms with Crippen molar-refractivity contribution in [3.63, 3.8) is 0 Å². The first-order chi connectivity index (χ1) is 22.2. The summed E-state index contributed by atoms with van der Waals surface area (Å²) in [6, 6.07) is 15.7. The predicted octanol–water partition coefficient (Wildman–Crippen LogP) is 5.21. The Balaban J connectivity index is 1.25. The zero-order chi connectivity index (χ0) is 32.0. The Labute approximate surface area is 268 Å². The summed E-state index contributed by atoms with van der Waals surface area (Å²) in [5, 5.41) is 10.6. The molecule has 2 aromatic heterocycles. The van der Waals surface area contributed by atoms with Gasteiger partial charge in [0.25, 0.3) is 5.91 Å². The van der Waals surface area contributed by atoms with Crippen molar-refractivity contribution in [3.05, 3.63) is 101 Å². The van der Waals surface area contributed by atoms with Crippen molar-refractivity contribution in [1.29, 1.82) is 0 Å². The first-order valence-corrected chi connectivity index (χ1v) is 17.4. The van der Waals surface area contributed by atoms with Crippen molar-refractivity contribution in [2.45, 2.75) is 74.4 Å². The van der Waals surface area contributed by atoms with Gasteiger partial charge in [-0.3, -0.25) is 14.8 Å². The van der Waals surface area contributed by atoms with Gasteiger partial charge in [-0.25, -0.2) is 17.9 Å². The second-order valence-electron chi connectivity index (χ2n) is 13.1. The van der Waals surface area contributed by atoms with Crippen molar-refractivity contribution >= 4 is 32.7 Å². The maximum Gasteiger partial charge on any atom is 0.315 e. The average molecular weight is 639 g/mol. The molecule has 10 nitrogen and oxygen atoms in total. The van der Waals surface area contributed by atoms with Crippen molar-refractivity contribution in [3.8, 4) is 0 Å². The monoisotopic (exact) mass is 638 g/mol. The third kappa shape index (κ3) is 6.21. The number of carbonyl (C=O) groups is 2. The van der Waals surface area contributed by atoms with Gasteiger partial charge in [0.15, 0.2) is 0 Å². The van der Waals surface area contributed by atoms with Crippen molar-refractivity contribution in [2.24, 2.45) is 5.92 Å². The van der Waals surface area contributed by atoms with Gasteiger partial charge in [0.05, 0.1) is 22.5 Å². The van der Waals surface area contributed by atoms with Crippen LogP contribution in [0.25, 0.3) is 10.8 Å². The highest BCUT2D eigenvalue weighted by atomic mass is 32.2. The normalized spacial score (nSPS) is 22.0. The maximum atomic E-state index is 13.8.